The van der Waals surface area contributed by atoms with Gasteiger partial charge in [0.25, 0.3) is 0 Å². The molecular formula is C17H27NO2. The number of aliphatic hydroxyl groups is 1. The zero-order valence-corrected chi connectivity index (χ0v) is 13.1. The zero-order valence-electron chi connectivity index (χ0n) is 13.1. The first-order valence-electron chi connectivity index (χ1n) is 7.54. The molecule has 3 nitrogen and oxygen atoms in total. The predicted molar refractivity (Wildman–Crippen MR) is 82.1 cm³/mol. The maximum Gasteiger partial charge on any atom is 0.119 e. The molecule has 20 heavy (non-hydrogen) atoms. The van der Waals surface area contributed by atoms with Crippen molar-refractivity contribution in [2.24, 2.45) is 5.92 Å². The fourth-order valence-electron chi connectivity index (χ4n) is 3.18. The van der Waals surface area contributed by atoms with Gasteiger partial charge in [0, 0.05) is 19.6 Å². The van der Waals surface area contributed by atoms with Crippen LogP contribution in [-0.4, -0.2) is 36.8 Å². The Balaban J connectivity index is 2.09. The highest BCUT2D eigenvalue weighted by Crippen LogP contribution is 2.36. The number of piperidine rings is 1. The van der Waals surface area contributed by atoms with Gasteiger partial charge in [0.15, 0.2) is 0 Å². The Bertz CT molecular complexity index is 448. The fraction of sp³-hybridized carbons (Fsp3) is 0.647. The minimum atomic E-state index is -0.677. The van der Waals surface area contributed by atoms with Gasteiger partial charge in [-0.25, -0.2) is 0 Å². The average molecular weight is 277 g/mol. The molecule has 0 aromatic heterocycles. The summed E-state index contributed by atoms with van der Waals surface area (Å²) in [6.07, 6.45) is 1.62. The quantitative estimate of drug-likeness (QED) is 0.918. The molecule has 0 saturated carbocycles. The van der Waals surface area contributed by atoms with Gasteiger partial charge in [0.2, 0.25) is 0 Å². The predicted octanol–water partition coefficient (Wildman–Crippen LogP) is 2.94. The van der Waals surface area contributed by atoms with Gasteiger partial charge in [-0.15, -0.1) is 0 Å². The summed E-state index contributed by atoms with van der Waals surface area (Å²) in [6, 6.07) is 5.97. The monoisotopic (exact) mass is 277 g/mol. The minimum absolute atomic E-state index is 0.677. The molecule has 1 aromatic rings. The van der Waals surface area contributed by atoms with Crippen molar-refractivity contribution in [3.63, 3.8) is 0 Å². The molecule has 1 aliphatic rings. The van der Waals surface area contributed by atoms with Gasteiger partial charge in [-0.05, 0) is 48.9 Å². The van der Waals surface area contributed by atoms with E-state index in [0.717, 1.165) is 49.4 Å². The van der Waals surface area contributed by atoms with E-state index in [1.54, 1.807) is 7.11 Å². The van der Waals surface area contributed by atoms with Gasteiger partial charge in [0.1, 0.15) is 5.75 Å². The van der Waals surface area contributed by atoms with Crippen LogP contribution in [0.2, 0.25) is 0 Å². The number of ether oxygens (including phenoxy) is 1. The van der Waals surface area contributed by atoms with Crippen LogP contribution in [0.5, 0.6) is 5.75 Å². The Morgan fingerprint density at radius 3 is 2.45 bits per heavy atom. The van der Waals surface area contributed by atoms with Crippen molar-refractivity contribution in [2.75, 3.05) is 26.7 Å². The third kappa shape index (κ3) is 3.33. The maximum absolute atomic E-state index is 11.0. The van der Waals surface area contributed by atoms with E-state index in [2.05, 4.69) is 25.7 Å². The molecule has 1 aliphatic heterocycles. The van der Waals surface area contributed by atoms with E-state index in [4.69, 9.17) is 4.74 Å². The molecule has 0 atom stereocenters. The average Bonchev–Trinajstić information content (AvgIpc) is 2.40. The lowest BCUT2D eigenvalue weighted by molar-refractivity contribution is -0.0284. The highest BCUT2D eigenvalue weighted by atomic mass is 16.5. The van der Waals surface area contributed by atoms with Crippen molar-refractivity contribution in [1.82, 2.24) is 4.90 Å². The highest BCUT2D eigenvalue weighted by Gasteiger charge is 2.35. The molecule has 0 bridgehead atoms. The minimum Gasteiger partial charge on any atom is -0.497 e. The van der Waals surface area contributed by atoms with Crippen LogP contribution in [0.4, 0.5) is 0 Å². The Morgan fingerprint density at radius 1 is 1.30 bits per heavy atom. The van der Waals surface area contributed by atoms with Crippen LogP contribution in [-0.2, 0) is 5.60 Å². The van der Waals surface area contributed by atoms with Crippen molar-refractivity contribution >= 4 is 0 Å². The van der Waals surface area contributed by atoms with Gasteiger partial charge in [-0.3, -0.25) is 0 Å². The first-order valence-corrected chi connectivity index (χ1v) is 7.54. The molecule has 3 heteroatoms. The molecule has 1 aromatic carbocycles. The second-order valence-corrected chi connectivity index (χ2v) is 6.41. The Morgan fingerprint density at radius 2 is 1.95 bits per heavy atom. The molecule has 2 rings (SSSR count). The summed E-state index contributed by atoms with van der Waals surface area (Å²) in [5.74, 6) is 1.54. The van der Waals surface area contributed by atoms with Crippen molar-refractivity contribution in [1.29, 1.82) is 0 Å². The second-order valence-electron chi connectivity index (χ2n) is 6.41. The normalized spacial score (nSPS) is 19.3. The third-order valence-electron chi connectivity index (χ3n) is 4.24. The van der Waals surface area contributed by atoms with Gasteiger partial charge in [0.05, 0.1) is 12.7 Å². The van der Waals surface area contributed by atoms with E-state index >= 15 is 0 Å². The summed E-state index contributed by atoms with van der Waals surface area (Å²) in [5.41, 5.74) is 1.50. The van der Waals surface area contributed by atoms with Crippen LogP contribution in [0.3, 0.4) is 0 Å². The van der Waals surface area contributed by atoms with Crippen LogP contribution in [0, 0.1) is 12.8 Å². The summed E-state index contributed by atoms with van der Waals surface area (Å²) < 4.78 is 5.24. The molecule has 1 heterocycles. The number of nitrogens with zero attached hydrogens (tertiary/aromatic N) is 1. The van der Waals surface area contributed by atoms with Crippen molar-refractivity contribution in [2.45, 2.75) is 39.2 Å². The molecule has 0 unspecified atom stereocenters. The van der Waals surface area contributed by atoms with Crippen molar-refractivity contribution < 1.29 is 9.84 Å². The smallest absolute Gasteiger partial charge is 0.119 e. The topological polar surface area (TPSA) is 32.7 Å². The Kier molecular flexibility index (Phi) is 4.71. The van der Waals surface area contributed by atoms with Gasteiger partial charge >= 0.3 is 0 Å². The lowest BCUT2D eigenvalue weighted by Gasteiger charge is -2.39. The van der Waals surface area contributed by atoms with Gasteiger partial charge in [-0.2, -0.15) is 0 Å². The lowest BCUT2D eigenvalue weighted by Crippen LogP contribution is -2.44. The third-order valence-corrected chi connectivity index (χ3v) is 4.24. The summed E-state index contributed by atoms with van der Waals surface area (Å²) in [6.45, 7) is 9.61. The molecule has 0 spiro atoms. The SMILES string of the molecule is COc1ccc(C2(O)CCN(CC(C)C)CC2)c(C)c1. The number of likely N-dealkylation sites (tertiary alicyclic amines) is 1. The molecule has 0 aliphatic carbocycles. The van der Waals surface area contributed by atoms with Crippen LogP contribution in [0.1, 0.15) is 37.8 Å². The number of aryl methyl sites for hydroxylation is 1. The largest absolute Gasteiger partial charge is 0.497 e. The number of rotatable bonds is 4. The van der Waals surface area contributed by atoms with E-state index in [0.29, 0.717) is 5.92 Å². The summed E-state index contributed by atoms with van der Waals surface area (Å²) in [5, 5.41) is 11.0. The molecule has 112 valence electrons. The summed E-state index contributed by atoms with van der Waals surface area (Å²) >= 11 is 0. The van der Waals surface area contributed by atoms with E-state index in [9.17, 15) is 5.11 Å². The van der Waals surface area contributed by atoms with Crippen LogP contribution in [0.25, 0.3) is 0 Å². The lowest BCUT2D eigenvalue weighted by atomic mass is 9.82. The Labute approximate surface area is 122 Å². The number of methoxy groups -OCH3 is 1. The van der Waals surface area contributed by atoms with Gasteiger partial charge < -0.3 is 14.7 Å². The standard InChI is InChI=1S/C17H27NO2/c1-13(2)12-18-9-7-17(19,8-10-18)16-6-5-15(20-4)11-14(16)3/h5-6,11,13,19H,7-10,12H2,1-4H3. The van der Waals surface area contributed by atoms with E-state index in [-0.39, 0.29) is 0 Å². The highest BCUT2D eigenvalue weighted by molar-refractivity contribution is 5.38. The molecule has 0 radical (unpaired) electrons. The van der Waals surface area contributed by atoms with Crippen LogP contribution < -0.4 is 4.74 Å². The van der Waals surface area contributed by atoms with Crippen LogP contribution >= 0.6 is 0 Å². The number of hydrogen-bond acceptors (Lipinski definition) is 3. The van der Waals surface area contributed by atoms with Gasteiger partial charge in [-0.1, -0.05) is 19.9 Å². The van der Waals surface area contributed by atoms with Crippen molar-refractivity contribution in [3.05, 3.63) is 29.3 Å². The zero-order chi connectivity index (χ0) is 14.8. The summed E-state index contributed by atoms with van der Waals surface area (Å²) in [7, 11) is 1.67. The molecule has 1 saturated heterocycles. The molecule has 1 N–H and O–H groups in total. The molecule has 0 amide bonds. The molecular weight excluding hydrogens is 250 g/mol. The number of hydrogen-bond donors (Lipinski definition) is 1. The Hall–Kier alpha value is -1.06. The number of benzene rings is 1. The second kappa shape index (κ2) is 6.15. The van der Waals surface area contributed by atoms with Crippen molar-refractivity contribution in [3.8, 4) is 5.75 Å². The fourth-order valence-corrected chi connectivity index (χ4v) is 3.18. The van der Waals surface area contributed by atoms with E-state index in [1.165, 1.54) is 0 Å². The molecule has 1 fully saturated rings. The first kappa shape index (κ1) is 15.3. The first-order chi connectivity index (χ1) is 9.44. The maximum atomic E-state index is 11.0. The summed E-state index contributed by atoms with van der Waals surface area (Å²) in [4.78, 5) is 2.46. The van der Waals surface area contributed by atoms with Crippen LogP contribution in [0.15, 0.2) is 18.2 Å². The van der Waals surface area contributed by atoms with E-state index in [1.807, 2.05) is 18.2 Å². The van der Waals surface area contributed by atoms with E-state index < -0.39 is 5.60 Å².